The van der Waals surface area contributed by atoms with Crippen LogP contribution in [0.3, 0.4) is 0 Å². The fourth-order valence-electron chi connectivity index (χ4n) is 3.28. The number of fused-ring (bicyclic) bond motifs is 1. The Morgan fingerprint density at radius 2 is 1.80 bits per heavy atom. The minimum Gasteiger partial charge on any atom is -0.374 e. The summed E-state index contributed by atoms with van der Waals surface area (Å²) in [5.41, 5.74) is 3.62. The number of benzene rings is 2. The van der Waals surface area contributed by atoms with E-state index < -0.39 is 0 Å². The van der Waals surface area contributed by atoms with Crippen LogP contribution in [0.5, 0.6) is 0 Å². The number of nitrogens with one attached hydrogen (secondary N) is 2. The van der Waals surface area contributed by atoms with E-state index in [0.29, 0.717) is 5.56 Å². The Labute approximate surface area is 148 Å². The van der Waals surface area contributed by atoms with E-state index in [0.717, 1.165) is 17.8 Å². The maximum Gasteiger partial charge on any atom is 0.251 e. The number of rotatable bonds is 4. The number of nitrogens with zero attached hydrogens (tertiary/aromatic N) is 1. The molecule has 0 fully saturated rings. The van der Waals surface area contributed by atoms with E-state index in [1.807, 2.05) is 42.2 Å². The van der Waals surface area contributed by atoms with Crippen molar-refractivity contribution in [1.29, 1.82) is 0 Å². The summed E-state index contributed by atoms with van der Waals surface area (Å²) in [5.74, 6) is -0.0778. The quantitative estimate of drug-likeness (QED) is 0.902. The van der Waals surface area contributed by atoms with Crippen LogP contribution in [0.1, 0.15) is 29.8 Å². The van der Waals surface area contributed by atoms with Crippen LogP contribution in [0.2, 0.25) is 0 Å². The van der Waals surface area contributed by atoms with Crippen molar-refractivity contribution < 1.29 is 9.59 Å². The van der Waals surface area contributed by atoms with Crippen molar-refractivity contribution >= 4 is 23.2 Å². The average molecular weight is 337 g/mol. The average Bonchev–Trinajstić information content (AvgIpc) is 2.96. The van der Waals surface area contributed by atoms with Crippen LogP contribution in [0.15, 0.2) is 48.5 Å². The van der Waals surface area contributed by atoms with Crippen molar-refractivity contribution in [3.8, 4) is 0 Å². The van der Waals surface area contributed by atoms with E-state index in [1.54, 1.807) is 19.2 Å². The van der Waals surface area contributed by atoms with Gasteiger partial charge < -0.3 is 15.5 Å². The number of hydrogen-bond donors (Lipinski definition) is 2. The molecule has 1 aliphatic heterocycles. The Morgan fingerprint density at radius 3 is 2.48 bits per heavy atom. The molecule has 3 rings (SSSR count). The van der Waals surface area contributed by atoms with Gasteiger partial charge in [-0.15, -0.1) is 0 Å². The number of para-hydroxylation sites is 1. The molecule has 2 N–H and O–H groups in total. The molecule has 0 saturated carbocycles. The van der Waals surface area contributed by atoms with Gasteiger partial charge >= 0.3 is 0 Å². The molecule has 0 spiro atoms. The van der Waals surface area contributed by atoms with E-state index in [2.05, 4.69) is 23.6 Å². The van der Waals surface area contributed by atoms with Gasteiger partial charge in [0, 0.05) is 30.0 Å². The van der Waals surface area contributed by atoms with Crippen LogP contribution in [-0.4, -0.2) is 30.9 Å². The molecule has 1 heterocycles. The number of hydrogen-bond acceptors (Lipinski definition) is 3. The summed E-state index contributed by atoms with van der Waals surface area (Å²) in [5, 5.41) is 5.82. The lowest BCUT2D eigenvalue weighted by molar-refractivity contribution is -0.119. The van der Waals surface area contributed by atoms with E-state index in [4.69, 9.17) is 0 Å². The topological polar surface area (TPSA) is 61.4 Å². The molecule has 0 aliphatic carbocycles. The Morgan fingerprint density at radius 1 is 1.12 bits per heavy atom. The second kappa shape index (κ2) is 6.97. The third-order valence-electron chi connectivity index (χ3n) is 4.57. The lowest BCUT2D eigenvalue weighted by atomic mass is 10.1. The Kier molecular flexibility index (Phi) is 4.74. The molecule has 1 aliphatic rings. The van der Waals surface area contributed by atoms with Crippen molar-refractivity contribution in [2.75, 3.05) is 17.3 Å². The summed E-state index contributed by atoms with van der Waals surface area (Å²) >= 11 is 0. The first-order valence-electron chi connectivity index (χ1n) is 8.51. The predicted molar refractivity (Wildman–Crippen MR) is 100 cm³/mol. The lowest BCUT2D eigenvalue weighted by Crippen LogP contribution is -2.44. The van der Waals surface area contributed by atoms with Gasteiger partial charge in [0.25, 0.3) is 5.91 Å². The Hall–Kier alpha value is -2.82. The zero-order chi connectivity index (χ0) is 18.0. The van der Waals surface area contributed by atoms with E-state index in [1.165, 1.54) is 5.56 Å². The van der Waals surface area contributed by atoms with Gasteiger partial charge in [0.05, 0.1) is 0 Å². The summed E-state index contributed by atoms with van der Waals surface area (Å²) in [6.45, 7) is 3.94. The minimum atomic E-state index is -0.362. The molecular formula is C20H23N3O2. The van der Waals surface area contributed by atoms with E-state index in [-0.39, 0.29) is 23.9 Å². The molecule has 5 nitrogen and oxygen atoms in total. The van der Waals surface area contributed by atoms with Gasteiger partial charge in [0.1, 0.15) is 6.04 Å². The molecule has 0 aromatic heterocycles. The van der Waals surface area contributed by atoms with Gasteiger partial charge in [-0.1, -0.05) is 18.2 Å². The number of anilines is 2. The zero-order valence-electron chi connectivity index (χ0n) is 14.7. The third kappa shape index (κ3) is 3.36. The second-order valence-corrected chi connectivity index (χ2v) is 6.41. The van der Waals surface area contributed by atoms with Gasteiger partial charge in [0.2, 0.25) is 5.91 Å². The molecular weight excluding hydrogens is 314 g/mol. The van der Waals surface area contributed by atoms with Gasteiger partial charge in [-0.25, -0.2) is 0 Å². The molecule has 0 unspecified atom stereocenters. The van der Waals surface area contributed by atoms with Gasteiger partial charge in [-0.05, 0) is 56.2 Å². The van der Waals surface area contributed by atoms with Crippen molar-refractivity contribution in [2.45, 2.75) is 32.4 Å². The summed E-state index contributed by atoms with van der Waals surface area (Å²) < 4.78 is 0. The first-order chi connectivity index (χ1) is 12.0. The maximum atomic E-state index is 12.9. The lowest BCUT2D eigenvalue weighted by Gasteiger charge is -2.27. The molecule has 2 aromatic rings. The van der Waals surface area contributed by atoms with Gasteiger partial charge in [-0.3, -0.25) is 9.59 Å². The number of carbonyl (C=O) groups is 2. The molecule has 5 heteroatoms. The third-order valence-corrected chi connectivity index (χ3v) is 4.57. The first-order valence-corrected chi connectivity index (χ1v) is 8.51. The molecule has 0 radical (unpaired) electrons. The standard InChI is InChI=1S/C20H23N3O2/c1-13-12-16-6-4-5-7-18(16)23(13)20(25)14(2)22-17-10-8-15(9-11-17)19(24)21-3/h4-11,13-14,22H,12H2,1-3H3,(H,21,24)/t13-,14+/m1/s1. The molecule has 0 saturated heterocycles. The molecule has 0 bridgehead atoms. The molecule has 25 heavy (non-hydrogen) atoms. The fraction of sp³-hybridized carbons (Fsp3) is 0.300. The second-order valence-electron chi connectivity index (χ2n) is 6.41. The fourth-order valence-corrected chi connectivity index (χ4v) is 3.28. The first kappa shape index (κ1) is 17.0. The monoisotopic (exact) mass is 337 g/mol. The van der Waals surface area contributed by atoms with Crippen molar-refractivity contribution in [3.63, 3.8) is 0 Å². The van der Waals surface area contributed by atoms with Crippen LogP contribution in [0.4, 0.5) is 11.4 Å². The van der Waals surface area contributed by atoms with Gasteiger partial charge in [-0.2, -0.15) is 0 Å². The Bertz CT molecular complexity index is 786. The largest absolute Gasteiger partial charge is 0.374 e. The van der Waals surface area contributed by atoms with Crippen molar-refractivity contribution in [1.82, 2.24) is 5.32 Å². The predicted octanol–water partition coefficient (Wildman–Crippen LogP) is 2.82. The summed E-state index contributed by atoms with van der Waals surface area (Å²) in [6.07, 6.45) is 0.884. The molecule has 2 aromatic carbocycles. The smallest absolute Gasteiger partial charge is 0.251 e. The molecule has 2 amide bonds. The summed E-state index contributed by atoms with van der Waals surface area (Å²) in [4.78, 5) is 26.4. The molecule has 2 atom stereocenters. The van der Waals surface area contributed by atoms with Crippen LogP contribution in [0, 0.1) is 0 Å². The highest BCUT2D eigenvalue weighted by atomic mass is 16.2. The van der Waals surface area contributed by atoms with Crippen LogP contribution < -0.4 is 15.5 Å². The summed E-state index contributed by atoms with van der Waals surface area (Å²) in [6, 6.07) is 15.0. The minimum absolute atomic E-state index is 0.0489. The SMILES string of the molecule is CNC(=O)c1ccc(N[C@@H](C)C(=O)N2c3ccccc3C[C@H]2C)cc1. The van der Waals surface area contributed by atoms with E-state index in [9.17, 15) is 9.59 Å². The zero-order valence-corrected chi connectivity index (χ0v) is 14.7. The summed E-state index contributed by atoms with van der Waals surface area (Å²) in [7, 11) is 1.60. The van der Waals surface area contributed by atoms with E-state index >= 15 is 0 Å². The number of carbonyl (C=O) groups excluding carboxylic acids is 2. The van der Waals surface area contributed by atoms with Crippen LogP contribution in [0.25, 0.3) is 0 Å². The van der Waals surface area contributed by atoms with Crippen LogP contribution >= 0.6 is 0 Å². The normalized spacial score (nSPS) is 16.9. The van der Waals surface area contributed by atoms with Crippen LogP contribution in [-0.2, 0) is 11.2 Å². The highest BCUT2D eigenvalue weighted by Crippen LogP contribution is 2.32. The van der Waals surface area contributed by atoms with Crippen molar-refractivity contribution in [2.24, 2.45) is 0 Å². The Balaban J connectivity index is 1.72. The maximum absolute atomic E-state index is 12.9. The highest BCUT2D eigenvalue weighted by molar-refractivity contribution is 6.01. The van der Waals surface area contributed by atoms with Crippen molar-refractivity contribution in [3.05, 3.63) is 59.7 Å². The molecule has 130 valence electrons. The van der Waals surface area contributed by atoms with Gasteiger partial charge in [0.15, 0.2) is 0 Å². The number of amides is 2. The highest BCUT2D eigenvalue weighted by Gasteiger charge is 2.32.